The normalized spacial score (nSPS) is 23.7. The highest BCUT2D eigenvalue weighted by Gasteiger charge is 2.41. The van der Waals surface area contributed by atoms with Gasteiger partial charge >= 0.3 is 6.09 Å². The van der Waals surface area contributed by atoms with Gasteiger partial charge in [0.2, 0.25) is 5.91 Å². The van der Waals surface area contributed by atoms with Crippen molar-refractivity contribution in [2.75, 3.05) is 31.5 Å². The number of fused-ring (bicyclic) bond motifs is 1. The first-order valence-corrected chi connectivity index (χ1v) is 9.70. The van der Waals surface area contributed by atoms with Crippen LogP contribution in [0.25, 0.3) is 10.2 Å². The lowest BCUT2D eigenvalue weighted by Crippen LogP contribution is -2.37. The van der Waals surface area contributed by atoms with Crippen LogP contribution in [-0.4, -0.2) is 53.7 Å². The molecule has 7 nitrogen and oxygen atoms in total. The molecule has 3 heterocycles. The van der Waals surface area contributed by atoms with Gasteiger partial charge in [-0.2, -0.15) is 0 Å². The SMILES string of the molecule is Cc1cccc2sc(NC(=O)CN3CCC[C@@]4(CC3)CNC(=O)O4)nc12. The van der Waals surface area contributed by atoms with E-state index in [0.29, 0.717) is 18.2 Å². The number of amides is 2. The van der Waals surface area contributed by atoms with Crippen molar-refractivity contribution in [2.24, 2.45) is 0 Å². The number of carbonyl (C=O) groups excluding carboxylic acids is 2. The summed E-state index contributed by atoms with van der Waals surface area (Å²) in [5, 5.41) is 6.31. The Hall–Kier alpha value is -2.19. The summed E-state index contributed by atoms with van der Waals surface area (Å²) >= 11 is 1.49. The molecule has 2 fully saturated rings. The zero-order chi connectivity index (χ0) is 18.1. The minimum absolute atomic E-state index is 0.0563. The average Bonchev–Trinajstić information content (AvgIpc) is 3.11. The third kappa shape index (κ3) is 3.52. The first kappa shape index (κ1) is 17.2. The molecule has 2 aliphatic heterocycles. The lowest BCUT2D eigenvalue weighted by Gasteiger charge is -2.24. The number of hydrogen-bond donors (Lipinski definition) is 2. The molecule has 138 valence electrons. The van der Waals surface area contributed by atoms with Gasteiger partial charge in [0.1, 0.15) is 5.60 Å². The number of hydrogen-bond acceptors (Lipinski definition) is 6. The maximum atomic E-state index is 12.4. The molecule has 2 aliphatic rings. The van der Waals surface area contributed by atoms with Crippen molar-refractivity contribution in [1.29, 1.82) is 0 Å². The second-order valence-electron chi connectivity index (χ2n) is 7.04. The fourth-order valence-electron chi connectivity index (χ4n) is 3.66. The van der Waals surface area contributed by atoms with Gasteiger partial charge in [0, 0.05) is 13.0 Å². The molecular formula is C18H22N4O3S. The molecular weight excluding hydrogens is 352 g/mol. The van der Waals surface area contributed by atoms with Crippen LogP contribution in [0.4, 0.5) is 9.93 Å². The van der Waals surface area contributed by atoms with Crippen LogP contribution < -0.4 is 10.6 Å². The fraction of sp³-hybridized carbons (Fsp3) is 0.500. The maximum Gasteiger partial charge on any atom is 0.407 e. The van der Waals surface area contributed by atoms with Gasteiger partial charge in [0.05, 0.1) is 23.3 Å². The van der Waals surface area contributed by atoms with E-state index >= 15 is 0 Å². The largest absolute Gasteiger partial charge is 0.441 e. The van der Waals surface area contributed by atoms with Crippen molar-refractivity contribution in [3.63, 3.8) is 0 Å². The van der Waals surface area contributed by atoms with Crippen molar-refractivity contribution < 1.29 is 14.3 Å². The number of alkyl carbamates (subject to hydrolysis) is 1. The number of ether oxygens (including phenoxy) is 1. The van der Waals surface area contributed by atoms with Crippen molar-refractivity contribution in [1.82, 2.24) is 15.2 Å². The second kappa shape index (κ2) is 6.85. The molecule has 0 radical (unpaired) electrons. The predicted molar refractivity (Wildman–Crippen MR) is 100 cm³/mol. The second-order valence-corrected chi connectivity index (χ2v) is 8.08. The highest BCUT2D eigenvalue weighted by atomic mass is 32.1. The number of aryl methyl sites for hydroxylation is 1. The Morgan fingerprint density at radius 2 is 2.31 bits per heavy atom. The summed E-state index contributed by atoms with van der Waals surface area (Å²) in [4.78, 5) is 30.5. The van der Waals surface area contributed by atoms with Gasteiger partial charge in [-0.05, 0) is 37.9 Å². The quantitative estimate of drug-likeness (QED) is 0.862. The van der Waals surface area contributed by atoms with Crippen LogP contribution >= 0.6 is 11.3 Å². The molecule has 0 saturated carbocycles. The van der Waals surface area contributed by atoms with E-state index in [0.717, 1.165) is 48.1 Å². The number of thiazole rings is 1. The minimum Gasteiger partial charge on any atom is -0.441 e. The molecule has 4 rings (SSSR count). The van der Waals surface area contributed by atoms with E-state index in [2.05, 4.69) is 20.5 Å². The Labute approximate surface area is 155 Å². The number of aromatic nitrogens is 1. The Morgan fingerprint density at radius 3 is 3.08 bits per heavy atom. The monoisotopic (exact) mass is 374 g/mol. The van der Waals surface area contributed by atoms with Crippen molar-refractivity contribution >= 4 is 38.7 Å². The fourth-order valence-corrected chi connectivity index (χ4v) is 4.62. The lowest BCUT2D eigenvalue weighted by atomic mass is 9.95. The third-order valence-corrected chi connectivity index (χ3v) is 6.02. The molecule has 8 heteroatoms. The van der Waals surface area contributed by atoms with E-state index in [1.807, 2.05) is 25.1 Å². The topological polar surface area (TPSA) is 83.6 Å². The van der Waals surface area contributed by atoms with Gasteiger partial charge in [-0.3, -0.25) is 9.69 Å². The van der Waals surface area contributed by atoms with Crippen LogP contribution in [0.5, 0.6) is 0 Å². The molecule has 2 amide bonds. The molecule has 1 aromatic heterocycles. The number of likely N-dealkylation sites (tertiary alicyclic amines) is 1. The van der Waals surface area contributed by atoms with E-state index < -0.39 is 5.60 Å². The summed E-state index contributed by atoms with van der Waals surface area (Å²) in [5.74, 6) is -0.0563. The van der Waals surface area contributed by atoms with Crippen LogP contribution in [0.2, 0.25) is 0 Å². The van der Waals surface area contributed by atoms with Gasteiger partial charge in [-0.15, -0.1) is 0 Å². The van der Waals surface area contributed by atoms with E-state index in [9.17, 15) is 9.59 Å². The Kier molecular flexibility index (Phi) is 4.54. The number of para-hydroxylation sites is 1. The maximum absolute atomic E-state index is 12.4. The van der Waals surface area contributed by atoms with Gasteiger partial charge in [-0.25, -0.2) is 9.78 Å². The molecule has 1 spiro atoms. The summed E-state index contributed by atoms with van der Waals surface area (Å²) in [5.41, 5.74) is 1.66. The number of nitrogens with one attached hydrogen (secondary N) is 2. The lowest BCUT2D eigenvalue weighted by molar-refractivity contribution is -0.117. The zero-order valence-corrected chi connectivity index (χ0v) is 15.5. The Morgan fingerprint density at radius 1 is 1.42 bits per heavy atom. The van der Waals surface area contributed by atoms with Crippen molar-refractivity contribution in [3.05, 3.63) is 23.8 Å². The average molecular weight is 374 g/mol. The molecule has 1 aromatic carbocycles. The zero-order valence-electron chi connectivity index (χ0n) is 14.7. The van der Waals surface area contributed by atoms with Crippen molar-refractivity contribution in [3.8, 4) is 0 Å². The molecule has 2 saturated heterocycles. The predicted octanol–water partition coefficient (Wildman–Crippen LogP) is 2.51. The molecule has 26 heavy (non-hydrogen) atoms. The van der Waals surface area contributed by atoms with E-state index in [4.69, 9.17) is 4.74 Å². The van der Waals surface area contributed by atoms with E-state index in [-0.39, 0.29) is 12.0 Å². The number of benzene rings is 1. The van der Waals surface area contributed by atoms with E-state index in [1.165, 1.54) is 11.3 Å². The number of rotatable bonds is 3. The first-order chi connectivity index (χ1) is 12.5. The van der Waals surface area contributed by atoms with Crippen LogP contribution in [-0.2, 0) is 9.53 Å². The highest BCUT2D eigenvalue weighted by Crippen LogP contribution is 2.30. The molecule has 2 aromatic rings. The summed E-state index contributed by atoms with van der Waals surface area (Å²) in [6, 6.07) is 6.03. The van der Waals surface area contributed by atoms with Gasteiger partial charge < -0.3 is 15.4 Å². The van der Waals surface area contributed by atoms with E-state index in [1.54, 1.807) is 0 Å². The highest BCUT2D eigenvalue weighted by molar-refractivity contribution is 7.22. The summed E-state index contributed by atoms with van der Waals surface area (Å²) in [7, 11) is 0. The van der Waals surface area contributed by atoms with Crippen LogP contribution in [0.3, 0.4) is 0 Å². The Balaban J connectivity index is 1.35. The van der Waals surface area contributed by atoms with Crippen LogP contribution in [0.1, 0.15) is 24.8 Å². The Bertz CT molecular complexity index is 852. The standard InChI is InChI=1S/C18H22N4O3S/c1-12-4-2-5-13-15(12)21-16(26-13)20-14(23)10-22-8-3-6-18(7-9-22)11-19-17(24)25-18/h2,4-5H,3,6-11H2,1H3,(H,19,24)(H,20,21,23)/t18-/m1/s1. The number of carbonyl (C=O) groups is 2. The van der Waals surface area contributed by atoms with Gasteiger partial charge in [0.25, 0.3) is 0 Å². The molecule has 0 bridgehead atoms. The summed E-state index contributed by atoms with van der Waals surface area (Å²) in [6.07, 6.45) is 2.16. The van der Waals surface area contributed by atoms with Gasteiger partial charge in [-0.1, -0.05) is 23.5 Å². The summed E-state index contributed by atoms with van der Waals surface area (Å²) < 4.78 is 6.55. The molecule has 0 unspecified atom stereocenters. The number of anilines is 1. The molecule has 0 aliphatic carbocycles. The molecule has 2 N–H and O–H groups in total. The van der Waals surface area contributed by atoms with Crippen LogP contribution in [0.15, 0.2) is 18.2 Å². The molecule has 1 atom stereocenters. The smallest absolute Gasteiger partial charge is 0.407 e. The van der Waals surface area contributed by atoms with Crippen LogP contribution in [0, 0.1) is 6.92 Å². The first-order valence-electron chi connectivity index (χ1n) is 8.88. The van der Waals surface area contributed by atoms with Crippen molar-refractivity contribution in [2.45, 2.75) is 31.8 Å². The number of nitrogens with zero attached hydrogens (tertiary/aromatic N) is 2. The van der Waals surface area contributed by atoms with Gasteiger partial charge in [0.15, 0.2) is 5.13 Å². The third-order valence-electron chi connectivity index (χ3n) is 5.09. The minimum atomic E-state index is -0.396. The summed E-state index contributed by atoms with van der Waals surface area (Å²) in [6.45, 7) is 4.47.